The number of aromatic nitrogens is 1. The minimum atomic E-state index is 0.463. The van der Waals surface area contributed by atoms with E-state index in [2.05, 4.69) is 132 Å². The van der Waals surface area contributed by atoms with Gasteiger partial charge in [-0.3, -0.25) is 8.51 Å². The molecule has 170 valence electrons. The second kappa shape index (κ2) is 10.7. The average molecular weight is 550 g/mol. The number of hydrogen-bond donors (Lipinski definition) is 2. The molecular weight excluding hydrogens is 517 g/mol. The number of hydrogen-bond acceptors (Lipinski definition) is 3. The van der Waals surface area contributed by atoms with Crippen LogP contribution in [0.2, 0.25) is 0 Å². The third-order valence-corrected chi connectivity index (χ3v) is 6.54. The first-order valence-corrected chi connectivity index (χ1v) is 12.7. The smallest absolute Gasteiger partial charge is 0.0715 e. The van der Waals surface area contributed by atoms with Crippen molar-refractivity contribution < 1.29 is 0 Å². The highest BCUT2D eigenvalue weighted by Crippen LogP contribution is 2.34. The van der Waals surface area contributed by atoms with Gasteiger partial charge in [0.1, 0.15) is 0 Å². The van der Waals surface area contributed by atoms with E-state index in [1.807, 2.05) is 0 Å². The highest BCUT2D eigenvalue weighted by atomic mass is 127. The van der Waals surface area contributed by atoms with Crippen molar-refractivity contribution in [2.24, 2.45) is 0 Å². The molecule has 4 aromatic rings. The lowest BCUT2D eigenvalue weighted by Gasteiger charge is -2.21. The number of halogens is 1. The zero-order chi connectivity index (χ0) is 23.4. The van der Waals surface area contributed by atoms with Gasteiger partial charge in [-0.05, 0) is 51.4 Å². The van der Waals surface area contributed by atoms with Crippen LogP contribution < -0.4 is 8.85 Å². The molecular formula is C29H32IN3. The molecule has 3 aromatic carbocycles. The van der Waals surface area contributed by atoms with Gasteiger partial charge < -0.3 is 5.32 Å². The Kier molecular flexibility index (Phi) is 7.66. The molecule has 0 unspecified atom stereocenters. The molecule has 3 nitrogen and oxygen atoms in total. The predicted octanol–water partition coefficient (Wildman–Crippen LogP) is 8.20. The maximum Gasteiger partial charge on any atom is 0.0715 e. The van der Waals surface area contributed by atoms with Crippen LogP contribution >= 0.6 is 22.9 Å². The van der Waals surface area contributed by atoms with Gasteiger partial charge in [-0.15, -0.1) is 0 Å². The maximum absolute atomic E-state index is 5.11. The molecule has 1 heterocycles. The molecule has 4 heteroatoms. The lowest BCUT2D eigenvalue weighted by molar-refractivity contribution is 0.831. The first-order valence-electron chi connectivity index (χ1n) is 11.7. The fourth-order valence-electron chi connectivity index (χ4n) is 4.49. The summed E-state index contributed by atoms with van der Waals surface area (Å²) in [6.07, 6.45) is 0. The summed E-state index contributed by atoms with van der Waals surface area (Å²) in [5.41, 5.74) is 8.52. The number of para-hydroxylation sites is 1. The van der Waals surface area contributed by atoms with Gasteiger partial charge in [0.15, 0.2) is 0 Å². The van der Waals surface area contributed by atoms with Crippen molar-refractivity contribution in [3.63, 3.8) is 0 Å². The number of nitrogens with zero attached hydrogens (tertiary/aromatic N) is 1. The molecule has 0 radical (unpaired) electrons. The minimum absolute atomic E-state index is 0.463. The van der Waals surface area contributed by atoms with Crippen molar-refractivity contribution in [2.75, 3.05) is 5.32 Å². The Bertz CT molecular complexity index is 1220. The Morgan fingerprint density at radius 3 is 2.15 bits per heavy atom. The number of nitrogens with one attached hydrogen (secondary N) is 2. The van der Waals surface area contributed by atoms with E-state index in [1.54, 1.807) is 0 Å². The molecule has 0 spiro atoms. The maximum atomic E-state index is 5.11. The summed E-state index contributed by atoms with van der Waals surface area (Å²) in [7, 11) is 0. The van der Waals surface area contributed by atoms with Gasteiger partial charge >= 0.3 is 0 Å². The summed E-state index contributed by atoms with van der Waals surface area (Å²) in [5, 5.41) is 6.22. The lowest BCUT2D eigenvalue weighted by Crippen LogP contribution is -2.09. The van der Waals surface area contributed by atoms with Crippen molar-refractivity contribution in [1.29, 1.82) is 0 Å². The molecule has 0 saturated carbocycles. The summed E-state index contributed by atoms with van der Waals surface area (Å²) < 4.78 is 3.28. The van der Waals surface area contributed by atoms with E-state index in [1.165, 1.54) is 38.7 Å². The first kappa shape index (κ1) is 23.7. The van der Waals surface area contributed by atoms with Crippen LogP contribution in [0, 0.1) is 0 Å². The van der Waals surface area contributed by atoms with E-state index in [0.717, 1.165) is 17.9 Å². The highest BCUT2D eigenvalue weighted by molar-refractivity contribution is 14.1. The third-order valence-electron chi connectivity index (χ3n) is 6.15. The molecule has 0 saturated heterocycles. The monoisotopic (exact) mass is 549 g/mol. The Labute approximate surface area is 211 Å². The minimum Gasteiger partial charge on any atom is -0.379 e. The second-order valence-corrected chi connectivity index (χ2v) is 9.88. The summed E-state index contributed by atoms with van der Waals surface area (Å²) in [6.45, 7) is 10.5. The number of fused-ring (bicyclic) bond motifs is 1. The van der Waals surface area contributed by atoms with Gasteiger partial charge in [0, 0.05) is 40.7 Å². The van der Waals surface area contributed by atoms with Crippen LogP contribution in [0.3, 0.4) is 0 Å². The Balaban J connectivity index is 1.71. The van der Waals surface area contributed by atoms with E-state index < -0.39 is 0 Å². The molecule has 0 atom stereocenters. The van der Waals surface area contributed by atoms with Crippen LogP contribution in [0.4, 0.5) is 5.69 Å². The predicted molar refractivity (Wildman–Crippen MR) is 150 cm³/mol. The van der Waals surface area contributed by atoms with Crippen LogP contribution in [0.15, 0.2) is 72.8 Å². The Morgan fingerprint density at radius 2 is 1.45 bits per heavy atom. The van der Waals surface area contributed by atoms with E-state index in [4.69, 9.17) is 4.98 Å². The van der Waals surface area contributed by atoms with Crippen LogP contribution in [0.25, 0.3) is 22.0 Å². The zero-order valence-electron chi connectivity index (χ0n) is 19.8. The first-order chi connectivity index (χ1) is 16.0. The van der Waals surface area contributed by atoms with Gasteiger partial charge in [0.25, 0.3) is 0 Å². The van der Waals surface area contributed by atoms with Crippen LogP contribution in [0.5, 0.6) is 0 Å². The number of anilines is 1. The van der Waals surface area contributed by atoms with Gasteiger partial charge in [0.05, 0.1) is 17.9 Å². The topological polar surface area (TPSA) is 37.0 Å². The summed E-state index contributed by atoms with van der Waals surface area (Å²) in [6, 6.07) is 26.0. The van der Waals surface area contributed by atoms with Crippen molar-refractivity contribution in [1.82, 2.24) is 8.51 Å². The summed E-state index contributed by atoms with van der Waals surface area (Å²) in [5.74, 6) is 0.925. The number of benzene rings is 3. The molecule has 0 bridgehead atoms. The van der Waals surface area contributed by atoms with E-state index in [9.17, 15) is 0 Å². The molecule has 0 aliphatic rings. The van der Waals surface area contributed by atoms with E-state index >= 15 is 0 Å². The standard InChI is InChI=1S/C29H32IN3/c1-19(2)24-12-8-13-25(20(3)4)29(24)31-18-23-10-7-14-27(33-23)28-22(17-32-30)16-15-21-9-5-6-11-26(21)28/h5-16,19-20,31-32H,17-18H2,1-4H3. The van der Waals surface area contributed by atoms with Gasteiger partial charge in [-0.25, -0.2) is 0 Å². The molecule has 4 rings (SSSR count). The Hall–Kier alpha value is -2.44. The SMILES string of the molecule is CC(C)c1cccc(C(C)C)c1NCc1cccc(-c2c(CNI)ccc3ccccc23)n1. The van der Waals surface area contributed by atoms with Crippen molar-refractivity contribution in [3.05, 3.63) is 95.2 Å². The molecule has 0 fully saturated rings. The van der Waals surface area contributed by atoms with Crippen molar-refractivity contribution in [3.8, 4) is 11.3 Å². The fraction of sp³-hybridized carbons (Fsp3) is 0.276. The number of rotatable bonds is 8. The fourth-order valence-corrected chi connectivity index (χ4v) is 4.90. The number of pyridine rings is 1. The van der Waals surface area contributed by atoms with Crippen molar-refractivity contribution >= 4 is 39.3 Å². The van der Waals surface area contributed by atoms with Gasteiger partial charge in [-0.2, -0.15) is 0 Å². The van der Waals surface area contributed by atoms with E-state index in [-0.39, 0.29) is 0 Å². The average Bonchev–Trinajstić information content (AvgIpc) is 2.82. The lowest BCUT2D eigenvalue weighted by atomic mass is 9.92. The largest absolute Gasteiger partial charge is 0.379 e. The Morgan fingerprint density at radius 1 is 0.758 bits per heavy atom. The summed E-state index contributed by atoms with van der Waals surface area (Å²) in [4.78, 5) is 5.11. The van der Waals surface area contributed by atoms with E-state index in [0.29, 0.717) is 18.4 Å². The molecule has 1 aromatic heterocycles. The zero-order valence-corrected chi connectivity index (χ0v) is 22.0. The van der Waals surface area contributed by atoms with Crippen LogP contribution in [0.1, 0.15) is 61.9 Å². The van der Waals surface area contributed by atoms with Crippen LogP contribution in [-0.4, -0.2) is 4.98 Å². The quantitative estimate of drug-likeness (QED) is 0.172. The van der Waals surface area contributed by atoms with Crippen LogP contribution in [-0.2, 0) is 13.1 Å². The van der Waals surface area contributed by atoms with Crippen molar-refractivity contribution in [2.45, 2.75) is 52.6 Å². The van der Waals surface area contributed by atoms with Gasteiger partial charge in [-0.1, -0.05) is 88.4 Å². The molecule has 2 N–H and O–H groups in total. The summed E-state index contributed by atoms with van der Waals surface area (Å²) >= 11 is 2.21. The molecule has 33 heavy (non-hydrogen) atoms. The second-order valence-electron chi connectivity index (χ2n) is 9.12. The third kappa shape index (κ3) is 5.22. The normalized spacial score (nSPS) is 11.5. The highest BCUT2D eigenvalue weighted by Gasteiger charge is 2.15. The molecule has 0 amide bonds. The molecule has 0 aliphatic heterocycles. The molecule has 0 aliphatic carbocycles. The van der Waals surface area contributed by atoms with Gasteiger partial charge in [0.2, 0.25) is 0 Å².